The van der Waals surface area contributed by atoms with Gasteiger partial charge < -0.3 is 5.32 Å². The van der Waals surface area contributed by atoms with Gasteiger partial charge in [-0.2, -0.15) is 5.10 Å². The van der Waals surface area contributed by atoms with E-state index in [4.69, 9.17) is 5.10 Å². The molecule has 0 radical (unpaired) electrons. The van der Waals surface area contributed by atoms with Crippen molar-refractivity contribution >= 4 is 17.6 Å². The molecule has 1 atom stereocenters. The summed E-state index contributed by atoms with van der Waals surface area (Å²) < 4.78 is 0. The maximum Gasteiger partial charge on any atom is 0.155 e. The molecule has 3 nitrogen and oxygen atoms in total. The molecule has 4 heteroatoms. The number of fused-ring (bicyclic) bond motifs is 3. The Balaban J connectivity index is 1.36. The van der Waals surface area contributed by atoms with E-state index in [9.17, 15) is 0 Å². The van der Waals surface area contributed by atoms with Crippen LogP contribution < -0.4 is 5.32 Å². The minimum atomic E-state index is -0.00343. The highest BCUT2D eigenvalue weighted by molar-refractivity contribution is 7.99. The highest BCUT2D eigenvalue weighted by Crippen LogP contribution is 2.49. The third kappa shape index (κ3) is 3.01. The summed E-state index contributed by atoms with van der Waals surface area (Å²) in [6, 6.07) is 15.6. The molecule has 1 unspecified atom stereocenters. The standard InChI is InChI=1S/C27H25N3S/c1-27(2)20-11-6-7-13-23(20)31-24-17-19(15-16-21(24)27)26-28-25-14-8-12-22(30(25)29-26)18-9-4-3-5-10-18/h4,6-17,25H,3,5H2,1-2H3,(H,28,29). The minimum absolute atomic E-state index is 0.00343. The highest BCUT2D eigenvalue weighted by Gasteiger charge is 2.34. The van der Waals surface area contributed by atoms with Crippen molar-refractivity contribution in [1.82, 2.24) is 10.3 Å². The number of amidine groups is 1. The van der Waals surface area contributed by atoms with Crippen LogP contribution >= 0.6 is 11.8 Å². The molecule has 154 valence electrons. The molecular weight excluding hydrogens is 398 g/mol. The quantitative estimate of drug-likeness (QED) is 0.632. The summed E-state index contributed by atoms with van der Waals surface area (Å²) in [7, 11) is 0. The first-order valence-corrected chi connectivity index (χ1v) is 11.8. The van der Waals surface area contributed by atoms with Crippen LogP contribution in [0.25, 0.3) is 0 Å². The molecule has 6 rings (SSSR count). The Kier molecular flexibility index (Phi) is 4.25. The molecule has 2 aromatic rings. The number of nitrogens with zero attached hydrogens (tertiary/aromatic N) is 2. The van der Waals surface area contributed by atoms with Gasteiger partial charge in [0.05, 0.1) is 5.70 Å². The second-order valence-electron chi connectivity index (χ2n) is 8.89. The average Bonchev–Trinajstić information content (AvgIpc) is 3.24. The van der Waals surface area contributed by atoms with E-state index < -0.39 is 0 Å². The third-order valence-corrected chi connectivity index (χ3v) is 7.68. The van der Waals surface area contributed by atoms with Crippen molar-refractivity contribution in [3.63, 3.8) is 0 Å². The molecule has 0 spiro atoms. The zero-order valence-corrected chi connectivity index (χ0v) is 18.6. The molecule has 2 aromatic carbocycles. The number of allylic oxidation sites excluding steroid dienone is 5. The molecule has 31 heavy (non-hydrogen) atoms. The lowest BCUT2D eigenvalue weighted by molar-refractivity contribution is 0.325. The van der Waals surface area contributed by atoms with Crippen molar-refractivity contribution in [1.29, 1.82) is 0 Å². The maximum atomic E-state index is 5.00. The van der Waals surface area contributed by atoms with Gasteiger partial charge in [0.2, 0.25) is 0 Å². The van der Waals surface area contributed by atoms with E-state index in [0.29, 0.717) is 0 Å². The zero-order chi connectivity index (χ0) is 21.0. The van der Waals surface area contributed by atoms with Crippen molar-refractivity contribution in [2.24, 2.45) is 5.10 Å². The summed E-state index contributed by atoms with van der Waals surface area (Å²) in [4.78, 5) is 2.67. The van der Waals surface area contributed by atoms with Gasteiger partial charge in [-0.3, -0.25) is 0 Å². The molecule has 0 fully saturated rings. The second-order valence-corrected chi connectivity index (χ2v) is 9.98. The molecule has 0 aromatic heterocycles. The van der Waals surface area contributed by atoms with Gasteiger partial charge in [-0.1, -0.05) is 80.2 Å². The van der Waals surface area contributed by atoms with Gasteiger partial charge in [0, 0.05) is 20.8 Å². The van der Waals surface area contributed by atoms with Crippen molar-refractivity contribution in [3.05, 3.63) is 107 Å². The summed E-state index contributed by atoms with van der Waals surface area (Å²) in [6.07, 6.45) is 15.5. The molecule has 3 heterocycles. The molecule has 0 saturated carbocycles. The van der Waals surface area contributed by atoms with E-state index in [2.05, 4.69) is 103 Å². The molecule has 0 saturated heterocycles. The topological polar surface area (TPSA) is 27.6 Å². The Morgan fingerprint density at radius 1 is 1.06 bits per heavy atom. The monoisotopic (exact) mass is 423 g/mol. The van der Waals surface area contributed by atoms with Crippen LogP contribution in [0.3, 0.4) is 0 Å². The molecule has 0 bridgehead atoms. The Labute approximate surface area is 187 Å². The first kappa shape index (κ1) is 18.8. The lowest BCUT2D eigenvalue weighted by Crippen LogP contribution is -2.37. The van der Waals surface area contributed by atoms with Crippen LogP contribution in [0.4, 0.5) is 0 Å². The molecule has 4 aliphatic rings. The SMILES string of the molecule is CC1(C)c2ccccc2Sc2cc(C3=NN4C(C5=CCCC=C5)=CC=CC4N3)ccc21. The van der Waals surface area contributed by atoms with Crippen molar-refractivity contribution in [3.8, 4) is 0 Å². The van der Waals surface area contributed by atoms with Gasteiger partial charge in [-0.25, -0.2) is 5.01 Å². The normalized spacial score (nSPS) is 22.6. The highest BCUT2D eigenvalue weighted by atomic mass is 32.2. The smallest absolute Gasteiger partial charge is 0.155 e. The Hall–Kier alpha value is -2.98. The number of hydrogen-bond donors (Lipinski definition) is 1. The summed E-state index contributed by atoms with van der Waals surface area (Å²) in [5.41, 5.74) is 6.34. The summed E-state index contributed by atoms with van der Waals surface area (Å²) in [6.45, 7) is 4.64. The Bertz CT molecular complexity index is 1230. The van der Waals surface area contributed by atoms with Crippen LogP contribution in [0.15, 0.2) is 105 Å². The summed E-state index contributed by atoms with van der Waals surface area (Å²) >= 11 is 1.87. The summed E-state index contributed by atoms with van der Waals surface area (Å²) in [5, 5.41) is 10.7. The van der Waals surface area contributed by atoms with E-state index in [1.54, 1.807) is 0 Å². The van der Waals surface area contributed by atoms with Gasteiger partial charge >= 0.3 is 0 Å². The molecule has 1 aliphatic carbocycles. The van der Waals surface area contributed by atoms with Crippen LogP contribution in [0.2, 0.25) is 0 Å². The van der Waals surface area contributed by atoms with Crippen LogP contribution in [-0.2, 0) is 5.41 Å². The molecular formula is C27H25N3S. The van der Waals surface area contributed by atoms with Gasteiger partial charge in [0.15, 0.2) is 5.84 Å². The minimum Gasteiger partial charge on any atom is -0.343 e. The number of hydrazone groups is 1. The second kappa shape index (κ2) is 7.03. The van der Waals surface area contributed by atoms with Crippen LogP contribution in [-0.4, -0.2) is 17.0 Å². The van der Waals surface area contributed by atoms with E-state index >= 15 is 0 Å². The third-order valence-electron chi connectivity index (χ3n) is 6.55. The first-order valence-electron chi connectivity index (χ1n) is 10.9. The Morgan fingerprint density at radius 3 is 2.81 bits per heavy atom. The lowest BCUT2D eigenvalue weighted by atomic mass is 9.77. The fourth-order valence-electron chi connectivity index (χ4n) is 4.84. The molecule has 3 aliphatic heterocycles. The van der Waals surface area contributed by atoms with Gasteiger partial charge in [-0.15, -0.1) is 0 Å². The van der Waals surface area contributed by atoms with Crippen molar-refractivity contribution < 1.29 is 0 Å². The largest absolute Gasteiger partial charge is 0.343 e. The average molecular weight is 424 g/mol. The van der Waals surface area contributed by atoms with Crippen LogP contribution in [0, 0.1) is 0 Å². The first-order chi connectivity index (χ1) is 15.1. The van der Waals surface area contributed by atoms with E-state index in [-0.39, 0.29) is 11.6 Å². The van der Waals surface area contributed by atoms with Crippen LogP contribution in [0.1, 0.15) is 43.4 Å². The maximum absolute atomic E-state index is 5.00. The number of nitrogens with one attached hydrogen (secondary N) is 1. The number of rotatable bonds is 2. The number of benzene rings is 2. The zero-order valence-electron chi connectivity index (χ0n) is 17.8. The van der Waals surface area contributed by atoms with E-state index in [1.807, 2.05) is 11.8 Å². The van der Waals surface area contributed by atoms with E-state index in [0.717, 1.165) is 29.9 Å². The van der Waals surface area contributed by atoms with E-state index in [1.165, 1.54) is 26.5 Å². The van der Waals surface area contributed by atoms with Crippen molar-refractivity contribution in [2.75, 3.05) is 0 Å². The Morgan fingerprint density at radius 2 is 1.94 bits per heavy atom. The fourth-order valence-corrected chi connectivity index (χ4v) is 6.28. The van der Waals surface area contributed by atoms with Gasteiger partial charge in [-0.05, 0) is 53.8 Å². The molecule has 1 N–H and O–H groups in total. The number of hydrogen-bond acceptors (Lipinski definition) is 4. The predicted octanol–water partition coefficient (Wildman–Crippen LogP) is 6.10. The predicted molar refractivity (Wildman–Crippen MR) is 128 cm³/mol. The van der Waals surface area contributed by atoms with Gasteiger partial charge in [0.1, 0.15) is 6.17 Å². The molecule has 0 amide bonds. The van der Waals surface area contributed by atoms with Crippen LogP contribution in [0.5, 0.6) is 0 Å². The lowest BCUT2D eigenvalue weighted by Gasteiger charge is -2.34. The van der Waals surface area contributed by atoms with Gasteiger partial charge in [0.25, 0.3) is 0 Å². The van der Waals surface area contributed by atoms with Crippen molar-refractivity contribution in [2.45, 2.75) is 48.1 Å². The summed E-state index contributed by atoms with van der Waals surface area (Å²) in [5.74, 6) is 0.933. The fraction of sp³-hybridized carbons (Fsp3) is 0.222.